The van der Waals surface area contributed by atoms with Crippen molar-refractivity contribution in [2.45, 2.75) is 51.6 Å². The number of aromatic nitrogens is 3. The van der Waals surface area contributed by atoms with Crippen molar-refractivity contribution >= 4 is 23.5 Å². The van der Waals surface area contributed by atoms with Crippen LogP contribution >= 0.6 is 0 Å². The minimum absolute atomic E-state index is 0.0186. The predicted molar refractivity (Wildman–Crippen MR) is 111 cm³/mol. The van der Waals surface area contributed by atoms with Crippen molar-refractivity contribution < 1.29 is 14.3 Å². The Hall–Kier alpha value is -3.03. The molecule has 4 rings (SSSR count). The fourth-order valence-electron chi connectivity index (χ4n) is 4.29. The van der Waals surface area contributed by atoms with Crippen LogP contribution in [0.1, 0.15) is 50.4 Å². The number of anilines is 2. The molecule has 2 aromatic heterocycles. The molecule has 2 saturated heterocycles. The Labute approximate surface area is 176 Å². The summed E-state index contributed by atoms with van der Waals surface area (Å²) in [5.41, 5.74) is 2.11. The van der Waals surface area contributed by atoms with Crippen LogP contribution in [0.3, 0.4) is 0 Å². The van der Waals surface area contributed by atoms with Gasteiger partial charge >= 0.3 is 5.97 Å². The molecule has 158 valence electrons. The number of ether oxygens (including phenoxy) is 1. The Morgan fingerprint density at radius 2 is 1.90 bits per heavy atom. The molecule has 2 fully saturated rings. The number of pyridine rings is 1. The highest BCUT2D eigenvalue weighted by atomic mass is 16.6. The van der Waals surface area contributed by atoms with E-state index in [0.717, 1.165) is 29.9 Å². The number of cyclic esters (lactones) is 1. The number of nitrogens with one attached hydrogen (secondary N) is 1. The normalized spacial score (nSPS) is 21.4. The molecule has 0 unspecified atom stereocenters. The highest BCUT2D eigenvalue weighted by Crippen LogP contribution is 2.36. The van der Waals surface area contributed by atoms with Crippen LogP contribution in [0.2, 0.25) is 0 Å². The molecular formula is C22H27N5O3. The van der Waals surface area contributed by atoms with Gasteiger partial charge in [0.1, 0.15) is 5.60 Å². The van der Waals surface area contributed by atoms with E-state index in [-0.39, 0.29) is 24.2 Å². The number of carbonyl (C=O) groups is 2. The fourth-order valence-corrected chi connectivity index (χ4v) is 4.29. The van der Waals surface area contributed by atoms with E-state index in [2.05, 4.69) is 15.3 Å². The van der Waals surface area contributed by atoms with Gasteiger partial charge in [-0.05, 0) is 51.8 Å². The van der Waals surface area contributed by atoms with Crippen molar-refractivity contribution in [3.8, 4) is 0 Å². The maximum absolute atomic E-state index is 13.0. The second-order valence-corrected chi connectivity index (χ2v) is 8.55. The molecule has 8 nitrogen and oxygen atoms in total. The third-order valence-electron chi connectivity index (χ3n) is 5.91. The minimum atomic E-state index is -0.733. The average molecular weight is 409 g/mol. The molecule has 0 spiro atoms. The van der Waals surface area contributed by atoms with Gasteiger partial charge in [0.2, 0.25) is 11.9 Å². The summed E-state index contributed by atoms with van der Waals surface area (Å²) in [6.45, 7) is 6.91. The zero-order valence-corrected chi connectivity index (χ0v) is 17.6. The van der Waals surface area contributed by atoms with Crippen molar-refractivity contribution in [1.82, 2.24) is 19.9 Å². The van der Waals surface area contributed by atoms with Gasteiger partial charge in [0.15, 0.2) is 0 Å². The fraction of sp³-hybridized carbons (Fsp3) is 0.500. The lowest BCUT2D eigenvalue weighted by Crippen LogP contribution is -2.46. The van der Waals surface area contributed by atoms with E-state index in [1.54, 1.807) is 18.5 Å². The Balaban J connectivity index is 1.42. The summed E-state index contributed by atoms with van der Waals surface area (Å²) in [6, 6.07) is 5.79. The number of amides is 1. The number of hydrogen-bond acceptors (Lipinski definition) is 7. The van der Waals surface area contributed by atoms with Gasteiger partial charge in [-0.3, -0.25) is 14.6 Å². The number of rotatable bonds is 4. The third-order valence-corrected chi connectivity index (χ3v) is 5.91. The van der Waals surface area contributed by atoms with E-state index >= 15 is 0 Å². The van der Waals surface area contributed by atoms with E-state index in [0.29, 0.717) is 19.0 Å². The van der Waals surface area contributed by atoms with Crippen LogP contribution in [0.5, 0.6) is 0 Å². The van der Waals surface area contributed by atoms with Crippen molar-refractivity contribution in [3.05, 3.63) is 42.0 Å². The van der Waals surface area contributed by atoms with Crippen LogP contribution in [0.15, 0.2) is 30.6 Å². The van der Waals surface area contributed by atoms with Gasteiger partial charge in [-0.15, -0.1) is 0 Å². The molecule has 4 heterocycles. The van der Waals surface area contributed by atoms with Gasteiger partial charge in [0, 0.05) is 48.5 Å². The lowest BCUT2D eigenvalue weighted by atomic mass is 9.87. The summed E-state index contributed by atoms with van der Waals surface area (Å²) in [6.07, 6.45) is 5.24. The van der Waals surface area contributed by atoms with Crippen molar-refractivity contribution in [3.63, 3.8) is 0 Å². The highest BCUT2D eigenvalue weighted by molar-refractivity contribution is 5.87. The molecule has 2 aromatic rings. The van der Waals surface area contributed by atoms with Crippen molar-refractivity contribution in [2.24, 2.45) is 5.92 Å². The lowest BCUT2D eigenvalue weighted by molar-refractivity contribution is -0.149. The Morgan fingerprint density at radius 1 is 1.20 bits per heavy atom. The highest BCUT2D eigenvalue weighted by Gasteiger charge is 2.47. The number of aryl methyl sites for hydroxylation is 1. The Morgan fingerprint density at radius 3 is 2.53 bits per heavy atom. The SMILES string of the molecule is Cc1cc(Nc2ncccn2)cc(C2CCN(C(=O)[C@H]3CC(=O)OC3(C)C)CC2)n1. The zero-order chi connectivity index (χ0) is 21.3. The first-order chi connectivity index (χ1) is 14.3. The monoisotopic (exact) mass is 409 g/mol. The summed E-state index contributed by atoms with van der Waals surface area (Å²) >= 11 is 0. The molecule has 8 heteroatoms. The molecular weight excluding hydrogens is 382 g/mol. The second kappa shape index (κ2) is 8.01. The molecule has 0 radical (unpaired) electrons. The largest absolute Gasteiger partial charge is 0.459 e. The molecule has 0 aromatic carbocycles. The summed E-state index contributed by atoms with van der Waals surface area (Å²) in [5.74, 6) is 0.149. The minimum Gasteiger partial charge on any atom is -0.459 e. The molecule has 0 saturated carbocycles. The van der Waals surface area contributed by atoms with Gasteiger partial charge in [-0.25, -0.2) is 9.97 Å². The zero-order valence-electron chi connectivity index (χ0n) is 17.6. The Kier molecular flexibility index (Phi) is 5.40. The molecule has 0 aliphatic carbocycles. The van der Waals surface area contributed by atoms with Gasteiger partial charge < -0.3 is 15.0 Å². The standard InChI is InChI=1S/C22H27N5O3/c1-14-11-16(26-21-23-7-4-8-24-21)12-18(25-14)15-5-9-27(10-6-15)20(29)17-13-19(28)30-22(17,2)3/h4,7-8,11-12,15,17H,5-6,9-10,13H2,1-3H3,(H,23,24,25,26)/t17-/m1/s1. The quantitative estimate of drug-likeness (QED) is 0.775. The molecule has 1 N–H and O–H groups in total. The number of nitrogens with zero attached hydrogens (tertiary/aromatic N) is 4. The van der Waals surface area contributed by atoms with Crippen molar-refractivity contribution in [2.75, 3.05) is 18.4 Å². The Bertz CT molecular complexity index is 939. The van der Waals surface area contributed by atoms with Crippen LogP contribution < -0.4 is 5.32 Å². The maximum Gasteiger partial charge on any atom is 0.307 e. The first kappa shape index (κ1) is 20.3. The van der Waals surface area contributed by atoms with Crippen molar-refractivity contribution in [1.29, 1.82) is 0 Å². The number of piperidine rings is 1. The number of likely N-dealkylation sites (tertiary alicyclic amines) is 1. The maximum atomic E-state index is 13.0. The second-order valence-electron chi connectivity index (χ2n) is 8.55. The summed E-state index contributed by atoms with van der Waals surface area (Å²) < 4.78 is 5.33. The lowest BCUT2D eigenvalue weighted by Gasteiger charge is -2.35. The van der Waals surface area contributed by atoms with Gasteiger partial charge in [0.05, 0.1) is 12.3 Å². The van der Waals surface area contributed by atoms with Crippen LogP contribution in [0.4, 0.5) is 11.6 Å². The molecule has 2 aliphatic rings. The first-order valence-corrected chi connectivity index (χ1v) is 10.3. The summed E-state index contributed by atoms with van der Waals surface area (Å²) in [4.78, 5) is 39.7. The predicted octanol–water partition coefficient (Wildman–Crippen LogP) is 2.97. The molecule has 2 aliphatic heterocycles. The number of carbonyl (C=O) groups excluding carboxylic acids is 2. The van der Waals surface area contributed by atoms with Gasteiger partial charge in [-0.1, -0.05) is 0 Å². The van der Waals surface area contributed by atoms with E-state index in [9.17, 15) is 9.59 Å². The van der Waals surface area contributed by atoms with Crippen LogP contribution in [-0.2, 0) is 14.3 Å². The topological polar surface area (TPSA) is 97.3 Å². The van der Waals surface area contributed by atoms with Gasteiger partial charge in [-0.2, -0.15) is 0 Å². The van der Waals surface area contributed by atoms with E-state index < -0.39 is 11.5 Å². The number of hydrogen-bond donors (Lipinski definition) is 1. The number of esters is 1. The van der Waals surface area contributed by atoms with E-state index in [1.807, 2.05) is 37.8 Å². The smallest absolute Gasteiger partial charge is 0.307 e. The van der Waals surface area contributed by atoms with E-state index in [1.165, 1.54) is 0 Å². The van der Waals surface area contributed by atoms with E-state index in [4.69, 9.17) is 9.72 Å². The molecule has 30 heavy (non-hydrogen) atoms. The third kappa shape index (κ3) is 4.27. The summed E-state index contributed by atoms with van der Waals surface area (Å²) in [5, 5.41) is 3.23. The average Bonchev–Trinajstić information content (AvgIpc) is 3.00. The van der Waals surface area contributed by atoms with Crippen LogP contribution in [0, 0.1) is 12.8 Å². The molecule has 0 bridgehead atoms. The molecule has 1 amide bonds. The summed E-state index contributed by atoms with van der Waals surface area (Å²) in [7, 11) is 0. The molecule has 1 atom stereocenters. The first-order valence-electron chi connectivity index (χ1n) is 10.3. The van der Waals surface area contributed by atoms with Crippen LogP contribution in [-0.4, -0.2) is 50.4 Å². The van der Waals surface area contributed by atoms with Gasteiger partial charge in [0.25, 0.3) is 0 Å². The van der Waals surface area contributed by atoms with Crippen LogP contribution in [0.25, 0.3) is 0 Å².